The number of carboxylic acids is 1. The van der Waals surface area contributed by atoms with Crippen molar-refractivity contribution < 1.29 is 33.0 Å². The molecule has 0 aliphatic heterocycles. The summed E-state index contributed by atoms with van der Waals surface area (Å²) in [5.41, 5.74) is 1.00. The summed E-state index contributed by atoms with van der Waals surface area (Å²) < 4.78 is 33.1. The van der Waals surface area contributed by atoms with Crippen LogP contribution in [0.3, 0.4) is 0 Å². The summed E-state index contributed by atoms with van der Waals surface area (Å²) in [6.07, 6.45) is 0.300. The van der Waals surface area contributed by atoms with Gasteiger partial charge in [0.05, 0.1) is 18.2 Å². The molecule has 0 spiro atoms. The third-order valence-electron chi connectivity index (χ3n) is 7.13. The SMILES string of the molecule is CCOc1c(C(C)=O)ccc([C@@H](C)N(CCCCc2ccccc2)C(=O)NC2(C(=O)O)CC(F)(F)C2)c1C. The number of rotatable bonds is 12. The second kappa shape index (κ2) is 11.9. The molecule has 0 saturated heterocycles. The number of carboxylic acid groups (broad SMARTS) is 1. The van der Waals surface area contributed by atoms with E-state index in [-0.39, 0.29) is 12.3 Å². The fraction of sp³-hybridized carbons (Fsp3) is 0.483. The van der Waals surface area contributed by atoms with E-state index in [0.717, 1.165) is 24.0 Å². The van der Waals surface area contributed by atoms with Gasteiger partial charge in [-0.3, -0.25) is 4.79 Å². The molecule has 3 rings (SSSR count). The summed E-state index contributed by atoms with van der Waals surface area (Å²) in [4.78, 5) is 39.0. The zero-order valence-corrected chi connectivity index (χ0v) is 22.4. The summed E-state index contributed by atoms with van der Waals surface area (Å²) in [5, 5.41) is 12.1. The summed E-state index contributed by atoms with van der Waals surface area (Å²) in [5.74, 6) is -4.33. The average Bonchev–Trinajstić information content (AvgIpc) is 2.84. The number of halogens is 2. The summed E-state index contributed by atoms with van der Waals surface area (Å²) >= 11 is 0. The number of carbonyl (C=O) groups excluding carboxylic acids is 2. The first-order chi connectivity index (χ1) is 17.9. The number of alkyl halides is 2. The van der Waals surface area contributed by atoms with Crippen LogP contribution in [0.1, 0.15) is 79.5 Å². The van der Waals surface area contributed by atoms with E-state index >= 15 is 0 Å². The van der Waals surface area contributed by atoms with Crippen LogP contribution in [0.25, 0.3) is 0 Å². The first kappa shape index (κ1) is 29.1. The minimum absolute atomic E-state index is 0.152. The molecule has 0 radical (unpaired) electrons. The highest BCUT2D eigenvalue weighted by atomic mass is 19.3. The van der Waals surface area contributed by atoms with Gasteiger partial charge in [-0.25, -0.2) is 18.4 Å². The molecule has 206 valence electrons. The Morgan fingerprint density at radius 2 is 1.76 bits per heavy atom. The fourth-order valence-electron chi connectivity index (χ4n) is 5.06. The van der Waals surface area contributed by atoms with Gasteiger partial charge < -0.3 is 20.1 Å². The van der Waals surface area contributed by atoms with Crippen molar-refractivity contribution >= 4 is 17.8 Å². The first-order valence-electron chi connectivity index (χ1n) is 12.9. The van der Waals surface area contributed by atoms with E-state index in [9.17, 15) is 28.3 Å². The molecule has 1 atom stereocenters. The lowest BCUT2D eigenvalue weighted by Crippen LogP contribution is -2.68. The number of aliphatic carboxylic acids is 1. The topological polar surface area (TPSA) is 95.9 Å². The molecule has 2 aromatic carbocycles. The molecule has 1 aliphatic rings. The van der Waals surface area contributed by atoms with Crippen molar-refractivity contribution in [3.63, 3.8) is 0 Å². The minimum atomic E-state index is -3.14. The van der Waals surface area contributed by atoms with E-state index in [1.54, 1.807) is 26.0 Å². The van der Waals surface area contributed by atoms with Crippen LogP contribution in [0.15, 0.2) is 42.5 Å². The van der Waals surface area contributed by atoms with Gasteiger partial charge in [-0.2, -0.15) is 0 Å². The van der Waals surface area contributed by atoms with Gasteiger partial charge in [-0.15, -0.1) is 0 Å². The van der Waals surface area contributed by atoms with Crippen LogP contribution in [-0.4, -0.2) is 52.4 Å². The maximum atomic E-state index is 13.7. The van der Waals surface area contributed by atoms with Crippen molar-refractivity contribution in [2.75, 3.05) is 13.2 Å². The molecule has 38 heavy (non-hydrogen) atoms. The number of amides is 2. The Labute approximate surface area is 222 Å². The smallest absolute Gasteiger partial charge is 0.329 e. The Morgan fingerprint density at radius 3 is 2.32 bits per heavy atom. The van der Waals surface area contributed by atoms with Gasteiger partial charge in [-0.05, 0) is 69.7 Å². The van der Waals surface area contributed by atoms with Crippen LogP contribution in [0, 0.1) is 6.92 Å². The average molecular weight is 531 g/mol. The number of nitrogens with zero attached hydrogens (tertiary/aromatic N) is 1. The molecule has 0 heterocycles. The van der Waals surface area contributed by atoms with Crippen molar-refractivity contribution in [3.8, 4) is 5.75 Å². The highest BCUT2D eigenvalue weighted by Crippen LogP contribution is 2.46. The molecule has 0 unspecified atom stereocenters. The lowest BCUT2D eigenvalue weighted by molar-refractivity contribution is -0.175. The Bertz CT molecular complexity index is 1160. The van der Waals surface area contributed by atoms with Crippen molar-refractivity contribution in [3.05, 3.63) is 64.7 Å². The molecule has 0 aromatic heterocycles. The van der Waals surface area contributed by atoms with Gasteiger partial charge in [0.2, 0.25) is 0 Å². The van der Waals surface area contributed by atoms with E-state index in [1.807, 2.05) is 37.3 Å². The number of unbranched alkanes of at least 4 members (excludes halogenated alkanes) is 1. The molecule has 2 N–H and O–H groups in total. The number of Topliss-reactive ketones (excluding diaryl/α,β-unsaturated/α-hetero) is 1. The standard InChI is InChI=1S/C29H36F2N2O5/c1-5-38-25-19(2)23(14-15-24(25)21(4)34)20(3)33(16-10-9-13-22-11-7-6-8-12-22)27(37)32-28(26(35)36)17-29(30,31)18-28/h6-8,11-12,14-15,20H,5,9-10,13,16-18H2,1-4H3,(H,32,37)(H,35,36)/t20-/m1/s1. The second-order valence-electron chi connectivity index (χ2n) is 9.98. The molecular weight excluding hydrogens is 494 g/mol. The zero-order chi connectivity index (χ0) is 28.1. The van der Waals surface area contributed by atoms with E-state index in [0.29, 0.717) is 29.9 Å². The Kier molecular flexibility index (Phi) is 9.12. The van der Waals surface area contributed by atoms with E-state index in [1.165, 1.54) is 11.8 Å². The van der Waals surface area contributed by atoms with Gasteiger partial charge in [0.1, 0.15) is 5.75 Å². The number of urea groups is 1. The van der Waals surface area contributed by atoms with Gasteiger partial charge in [0.15, 0.2) is 11.3 Å². The predicted molar refractivity (Wildman–Crippen MR) is 140 cm³/mol. The fourth-order valence-corrected chi connectivity index (χ4v) is 5.06. The van der Waals surface area contributed by atoms with Gasteiger partial charge in [0, 0.05) is 19.4 Å². The molecule has 1 fully saturated rings. The molecule has 1 aliphatic carbocycles. The van der Waals surface area contributed by atoms with E-state index in [4.69, 9.17) is 4.74 Å². The van der Waals surface area contributed by atoms with E-state index in [2.05, 4.69) is 5.32 Å². The lowest BCUT2D eigenvalue weighted by atomic mass is 9.73. The Balaban J connectivity index is 1.87. The largest absolute Gasteiger partial charge is 0.493 e. The summed E-state index contributed by atoms with van der Waals surface area (Å²) in [7, 11) is 0. The quantitative estimate of drug-likeness (QED) is 0.261. The van der Waals surface area contributed by atoms with Crippen LogP contribution in [0.5, 0.6) is 5.75 Å². The van der Waals surface area contributed by atoms with Crippen molar-refractivity contribution in [1.29, 1.82) is 0 Å². The van der Waals surface area contributed by atoms with Crippen molar-refractivity contribution in [1.82, 2.24) is 10.2 Å². The third kappa shape index (κ3) is 6.49. The second-order valence-corrected chi connectivity index (χ2v) is 9.98. The third-order valence-corrected chi connectivity index (χ3v) is 7.13. The van der Waals surface area contributed by atoms with Crippen molar-refractivity contribution in [2.45, 2.75) is 77.3 Å². The number of ketones is 1. The maximum Gasteiger partial charge on any atom is 0.329 e. The van der Waals surface area contributed by atoms with Crippen LogP contribution in [0.2, 0.25) is 0 Å². The van der Waals surface area contributed by atoms with Crippen LogP contribution < -0.4 is 10.1 Å². The highest BCUT2D eigenvalue weighted by Gasteiger charge is 2.62. The Hall–Kier alpha value is -3.49. The number of benzene rings is 2. The molecular formula is C29H36F2N2O5. The normalized spacial score (nSPS) is 16.2. The van der Waals surface area contributed by atoms with Crippen LogP contribution >= 0.6 is 0 Å². The Morgan fingerprint density at radius 1 is 1.11 bits per heavy atom. The highest BCUT2D eigenvalue weighted by molar-refractivity contribution is 5.97. The predicted octanol–water partition coefficient (Wildman–Crippen LogP) is 5.94. The zero-order valence-electron chi connectivity index (χ0n) is 22.4. The molecule has 9 heteroatoms. The molecule has 7 nitrogen and oxygen atoms in total. The number of nitrogens with one attached hydrogen (secondary N) is 1. The molecule has 1 saturated carbocycles. The lowest BCUT2D eigenvalue weighted by Gasteiger charge is -2.45. The van der Waals surface area contributed by atoms with Crippen LogP contribution in [0.4, 0.5) is 13.6 Å². The van der Waals surface area contributed by atoms with Crippen molar-refractivity contribution in [2.24, 2.45) is 0 Å². The number of carbonyl (C=O) groups is 3. The minimum Gasteiger partial charge on any atom is -0.493 e. The maximum absolute atomic E-state index is 13.7. The van der Waals surface area contributed by atoms with Gasteiger partial charge >= 0.3 is 12.0 Å². The number of ether oxygens (including phenoxy) is 1. The molecule has 2 amide bonds. The number of hydrogen-bond donors (Lipinski definition) is 2. The first-order valence-corrected chi connectivity index (χ1v) is 12.9. The molecule has 2 aromatic rings. The number of aryl methyl sites for hydroxylation is 1. The van der Waals surface area contributed by atoms with E-state index < -0.39 is 42.3 Å². The molecule has 0 bridgehead atoms. The van der Waals surface area contributed by atoms with Gasteiger partial charge in [-0.1, -0.05) is 36.4 Å². The monoisotopic (exact) mass is 530 g/mol. The van der Waals surface area contributed by atoms with Crippen LogP contribution in [-0.2, 0) is 11.2 Å². The summed E-state index contributed by atoms with van der Waals surface area (Å²) in [6, 6.07) is 12.1. The summed E-state index contributed by atoms with van der Waals surface area (Å²) in [6.45, 7) is 7.49. The van der Waals surface area contributed by atoms with Gasteiger partial charge in [0.25, 0.3) is 5.92 Å². The number of hydrogen-bond acceptors (Lipinski definition) is 4.